The standard InChI is InChI=1S/C19H20N2O6S/c1-26-17-7-3-12(9-15(17)19(23)27-2)11-20-28(24,25)14-5-6-16-13(10-14)4-8-18(22)21-16/h3,5-7,9-10,20H,4,8,11H2,1-2H3,(H,21,22). The average molecular weight is 404 g/mol. The average Bonchev–Trinajstić information content (AvgIpc) is 2.71. The third kappa shape index (κ3) is 4.15. The number of carbonyl (C=O) groups is 2. The zero-order chi connectivity index (χ0) is 20.3. The first-order chi connectivity index (χ1) is 13.3. The lowest BCUT2D eigenvalue weighted by molar-refractivity contribution is -0.116. The van der Waals surface area contributed by atoms with Crippen molar-refractivity contribution < 1.29 is 27.5 Å². The maximum absolute atomic E-state index is 12.6. The van der Waals surface area contributed by atoms with Gasteiger partial charge in [-0.05, 0) is 47.9 Å². The van der Waals surface area contributed by atoms with Gasteiger partial charge in [-0.1, -0.05) is 6.07 Å². The van der Waals surface area contributed by atoms with Crippen molar-refractivity contribution in [3.63, 3.8) is 0 Å². The zero-order valence-corrected chi connectivity index (χ0v) is 16.3. The van der Waals surface area contributed by atoms with Gasteiger partial charge in [0, 0.05) is 18.7 Å². The Hall–Kier alpha value is -2.91. The van der Waals surface area contributed by atoms with Gasteiger partial charge < -0.3 is 14.8 Å². The van der Waals surface area contributed by atoms with Crippen molar-refractivity contribution in [1.29, 1.82) is 0 Å². The fourth-order valence-corrected chi connectivity index (χ4v) is 3.99. The number of hydrogen-bond donors (Lipinski definition) is 2. The minimum atomic E-state index is -3.77. The summed E-state index contributed by atoms with van der Waals surface area (Å²) in [5.74, 6) is -0.310. The summed E-state index contributed by atoms with van der Waals surface area (Å²) in [6.07, 6.45) is 0.817. The minimum Gasteiger partial charge on any atom is -0.496 e. The first-order valence-corrected chi connectivity index (χ1v) is 10.00. The van der Waals surface area contributed by atoms with Gasteiger partial charge in [0.05, 0.1) is 19.1 Å². The number of amides is 1. The summed E-state index contributed by atoms with van der Waals surface area (Å²) in [6.45, 7) is -0.00978. The van der Waals surface area contributed by atoms with Gasteiger partial charge in [-0.3, -0.25) is 4.79 Å². The Morgan fingerprint density at radius 1 is 1.14 bits per heavy atom. The fourth-order valence-electron chi connectivity index (χ4n) is 2.92. The predicted molar refractivity (Wildman–Crippen MR) is 102 cm³/mol. The number of methoxy groups -OCH3 is 2. The number of anilines is 1. The van der Waals surface area contributed by atoms with Gasteiger partial charge in [0.15, 0.2) is 0 Å². The summed E-state index contributed by atoms with van der Waals surface area (Å²) in [4.78, 5) is 23.4. The molecule has 0 bridgehead atoms. The Balaban J connectivity index is 1.79. The number of sulfonamides is 1. The van der Waals surface area contributed by atoms with E-state index in [-0.39, 0.29) is 22.9 Å². The van der Waals surface area contributed by atoms with Crippen molar-refractivity contribution in [2.45, 2.75) is 24.3 Å². The van der Waals surface area contributed by atoms with Crippen LogP contribution >= 0.6 is 0 Å². The van der Waals surface area contributed by atoms with Gasteiger partial charge in [-0.15, -0.1) is 0 Å². The van der Waals surface area contributed by atoms with Crippen molar-refractivity contribution in [2.24, 2.45) is 0 Å². The SMILES string of the molecule is COC(=O)c1cc(CNS(=O)(=O)c2ccc3c(c2)CCC(=O)N3)ccc1OC. The molecule has 2 aromatic carbocycles. The van der Waals surface area contributed by atoms with E-state index in [1.165, 1.54) is 26.4 Å². The van der Waals surface area contributed by atoms with E-state index in [1.54, 1.807) is 24.3 Å². The van der Waals surface area contributed by atoms with E-state index in [2.05, 4.69) is 10.0 Å². The Labute approximate surface area is 162 Å². The first-order valence-electron chi connectivity index (χ1n) is 8.51. The molecule has 1 heterocycles. The topological polar surface area (TPSA) is 111 Å². The molecule has 0 saturated heterocycles. The van der Waals surface area contributed by atoms with Crippen LogP contribution < -0.4 is 14.8 Å². The molecule has 0 saturated carbocycles. The van der Waals surface area contributed by atoms with Gasteiger partial charge in [0.2, 0.25) is 15.9 Å². The Bertz CT molecular complexity index is 1030. The van der Waals surface area contributed by atoms with Crippen LogP contribution in [0.15, 0.2) is 41.3 Å². The smallest absolute Gasteiger partial charge is 0.341 e. The lowest BCUT2D eigenvalue weighted by Crippen LogP contribution is -2.24. The highest BCUT2D eigenvalue weighted by molar-refractivity contribution is 7.89. The molecule has 0 spiro atoms. The largest absolute Gasteiger partial charge is 0.496 e. The van der Waals surface area contributed by atoms with Crippen LogP contribution in [0.25, 0.3) is 0 Å². The molecular weight excluding hydrogens is 384 g/mol. The zero-order valence-electron chi connectivity index (χ0n) is 15.4. The van der Waals surface area contributed by atoms with E-state index in [9.17, 15) is 18.0 Å². The summed E-state index contributed by atoms with van der Waals surface area (Å²) < 4.78 is 37.6. The number of aryl methyl sites for hydroxylation is 1. The summed E-state index contributed by atoms with van der Waals surface area (Å²) >= 11 is 0. The van der Waals surface area contributed by atoms with Crippen LogP contribution in [0.1, 0.15) is 27.9 Å². The normalized spacial score (nSPS) is 13.4. The van der Waals surface area contributed by atoms with Crippen LogP contribution in [0.4, 0.5) is 5.69 Å². The number of rotatable bonds is 6. The molecule has 0 aliphatic carbocycles. The van der Waals surface area contributed by atoms with Crippen LogP contribution in [-0.2, 0) is 32.5 Å². The summed E-state index contributed by atoms with van der Waals surface area (Å²) in [6, 6.07) is 9.36. The Morgan fingerprint density at radius 3 is 2.64 bits per heavy atom. The number of benzene rings is 2. The first kappa shape index (κ1) is 19.8. The maximum atomic E-state index is 12.6. The molecule has 8 nitrogen and oxygen atoms in total. The number of nitrogens with one attached hydrogen (secondary N) is 2. The third-order valence-corrected chi connectivity index (χ3v) is 5.82. The lowest BCUT2D eigenvalue weighted by atomic mass is 10.0. The molecule has 9 heteroatoms. The van der Waals surface area contributed by atoms with Crippen LogP contribution in [0, 0.1) is 0 Å². The van der Waals surface area contributed by atoms with E-state index in [0.29, 0.717) is 29.8 Å². The molecule has 0 radical (unpaired) electrons. The summed E-state index contributed by atoms with van der Waals surface area (Å²) in [5.41, 5.74) is 2.20. The van der Waals surface area contributed by atoms with Crippen molar-refractivity contribution in [3.05, 3.63) is 53.1 Å². The molecular formula is C19H20N2O6S. The molecule has 3 rings (SSSR count). The van der Waals surface area contributed by atoms with Gasteiger partial charge >= 0.3 is 5.97 Å². The van der Waals surface area contributed by atoms with Crippen LogP contribution in [0.5, 0.6) is 5.75 Å². The lowest BCUT2D eigenvalue weighted by Gasteiger charge is -2.17. The van der Waals surface area contributed by atoms with Crippen LogP contribution in [0.3, 0.4) is 0 Å². The molecule has 0 aromatic heterocycles. The number of carbonyl (C=O) groups excluding carboxylic acids is 2. The highest BCUT2D eigenvalue weighted by Crippen LogP contribution is 2.26. The van der Waals surface area contributed by atoms with E-state index >= 15 is 0 Å². The van der Waals surface area contributed by atoms with Crippen LogP contribution in [0.2, 0.25) is 0 Å². The molecule has 0 unspecified atom stereocenters. The minimum absolute atomic E-state index is 0.00978. The molecule has 1 aliphatic rings. The predicted octanol–water partition coefficient (Wildman–Crippen LogP) is 1.85. The molecule has 2 aromatic rings. The van der Waals surface area contributed by atoms with E-state index in [1.807, 2.05) is 0 Å². The Kier molecular flexibility index (Phi) is 5.66. The van der Waals surface area contributed by atoms with Crippen molar-refractivity contribution >= 4 is 27.6 Å². The third-order valence-electron chi connectivity index (χ3n) is 4.42. The molecule has 148 valence electrons. The van der Waals surface area contributed by atoms with Gasteiger partial charge in [0.25, 0.3) is 0 Å². The maximum Gasteiger partial charge on any atom is 0.341 e. The van der Waals surface area contributed by atoms with E-state index in [4.69, 9.17) is 9.47 Å². The molecule has 1 aliphatic heterocycles. The van der Waals surface area contributed by atoms with Crippen molar-refractivity contribution in [1.82, 2.24) is 4.72 Å². The van der Waals surface area contributed by atoms with Gasteiger partial charge in [0.1, 0.15) is 11.3 Å². The van der Waals surface area contributed by atoms with Gasteiger partial charge in [-0.2, -0.15) is 0 Å². The second kappa shape index (κ2) is 7.99. The van der Waals surface area contributed by atoms with Gasteiger partial charge in [-0.25, -0.2) is 17.9 Å². The molecule has 0 fully saturated rings. The molecule has 1 amide bonds. The second-order valence-corrected chi connectivity index (χ2v) is 7.98. The highest BCUT2D eigenvalue weighted by Gasteiger charge is 2.20. The molecule has 0 atom stereocenters. The highest BCUT2D eigenvalue weighted by atomic mass is 32.2. The van der Waals surface area contributed by atoms with E-state index in [0.717, 1.165) is 5.56 Å². The Morgan fingerprint density at radius 2 is 1.93 bits per heavy atom. The molecule has 28 heavy (non-hydrogen) atoms. The number of esters is 1. The summed E-state index contributed by atoms with van der Waals surface area (Å²) in [7, 11) is -1.08. The van der Waals surface area contributed by atoms with Crippen molar-refractivity contribution in [2.75, 3.05) is 19.5 Å². The fraction of sp³-hybridized carbons (Fsp3) is 0.263. The second-order valence-electron chi connectivity index (χ2n) is 6.22. The van der Waals surface area contributed by atoms with Crippen LogP contribution in [-0.4, -0.2) is 34.5 Å². The van der Waals surface area contributed by atoms with E-state index < -0.39 is 16.0 Å². The number of fused-ring (bicyclic) bond motifs is 1. The van der Waals surface area contributed by atoms with Crippen molar-refractivity contribution in [3.8, 4) is 5.75 Å². The molecule has 2 N–H and O–H groups in total. The number of ether oxygens (including phenoxy) is 2. The quantitative estimate of drug-likeness (QED) is 0.711. The monoisotopic (exact) mass is 404 g/mol. The number of hydrogen-bond acceptors (Lipinski definition) is 6. The summed E-state index contributed by atoms with van der Waals surface area (Å²) in [5, 5.41) is 2.72.